The summed E-state index contributed by atoms with van der Waals surface area (Å²) < 4.78 is 12.5. The van der Waals surface area contributed by atoms with Crippen LogP contribution in [0.3, 0.4) is 0 Å². The van der Waals surface area contributed by atoms with Crippen molar-refractivity contribution in [1.29, 1.82) is 0 Å². The fourth-order valence-electron chi connectivity index (χ4n) is 3.40. The van der Waals surface area contributed by atoms with Crippen molar-refractivity contribution < 1.29 is 8.94 Å². The van der Waals surface area contributed by atoms with Gasteiger partial charge in [0.15, 0.2) is 5.16 Å². The number of furan rings is 1. The third-order valence-electron chi connectivity index (χ3n) is 5.13. The van der Waals surface area contributed by atoms with E-state index in [2.05, 4.69) is 29.2 Å². The van der Waals surface area contributed by atoms with E-state index < -0.39 is 0 Å². The minimum absolute atomic E-state index is 0.114. The first-order chi connectivity index (χ1) is 15.7. The van der Waals surface area contributed by atoms with Crippen LogP contribution in [-0.2, 0) is 18.7 Å². The molecule has 3 aromatic heterocycles. The van der Waals surface area contributed by atoms with Gasteiger partial charge in [0.1, 0.15) is 5.76 Å². The monoisotopic (exact) mass is 444 g/mol. The fraction of sp³-hybridized carbons (Fsp3) is 0.167. The maximum Gasteiger partial charge on any atom is 0.262 e. The minimum atomic E-state index is -0.114. The summed E-state index contributed by atoms with van der Waals surface area (Å²) in [7, 11) is 0. The average Bonchev–Trinajstić information content (AvgIpc) is 3.52. The lowest BCUT2D eigenvalue weighted by Gasteiger charge is -2.11. The second-order valence-corrected chi connectivity index (χ2v) is 8.18. The molecule has 0 aliphatic carbocycles. The summed E-state index contributed by atoms with van der Waals surface area (Å²) in [5.41, 5.74) is 2.69. The zero-order valence-electron chi connectivity index (χ0n) is 17.4. The molecule has 0 aliphatic heterocycles. The highest BCUT2D eigenvalue weighted by molar-refractivity contribution is 7.98. The fourth-order valence-corrected chi connectivity index (χ4v) is 4.24. The highest BCUT2D eigenvalue weighted by Gasteiger charge is 2.15. The van der Waals surface area contributed by atoms with Gasteiger partial charge in [0.05, 0.1) is 29.5 Å². The second kappa shape index (κ2) is 8.84. The molecule has 5 aromatic rings. The molecule has 0 spiro atoms. The molecule has 0 unspecified atom stereocenters. The molecule has 160 valence electrons. The van der Waals surface area contributed by atoms with Gasteiger partial charge in [-0.15, -0.1) is 0 Å². The maximum atomic E-state index is 13.1. The van der Waals surface area contributed by atoms with Crippen molar-refractivity contribution in [3.8, 4) is 11.4 Å². The summed E-state index contributed by atoms with van der Waals surface area (Å²) in [4.78, 5) is 22.4. The molecular weight excluding hydrogens is 424 g/mol. The van der Waals surface area contributed by atoms with E-state index in [4.69, 9.17) is 13.9 Å². The van der Waals surface area contributed by atoms with Crippen LogP contribution in [0, 0.1) is 0 Å². The van der Waals surface area contributed by atoms with Crippen molar-refractivity contribution >= 4 is 22.7 Å². The van der Waals surface area contributed by atoms with Crippen LogP contribution in [0.2, 0.25) is 0 Å². The van der Waals surface area contributed by atoms with Crippen molar-refractivity contribution in [3.05, 3.63) is 94.5 Å². The smallest absolute Gasteiger partial charge is 0.262 e. The molecule has 0 saturated heterocycles. The highest BCUT2D eigenvalue weighted by Crippen LogP contribution is 2.24. The Morgan fingerprint density at radius 3 is 2.62 bits per heavy atom. The summed E-state index contributed by atoms with van der Waals surface area (Å²) in [6.07, 6.45) is 2.57. The number of hydrogen-bond donors (Lipinski definition) is 0. The molecule has 0 fully saturated rings. The van der Waals surface area contributed by atoms with Crippen molar-refractivity contribution in [1.82, 2.24) is 19.7 Å². The number of aromatic nitrogens is 4. The van der Waals surface area contributed by atoms with Gasteiger partial charge < -0.3 is 8.94 Å². The van der Waals surface area contributed by atoms with Crippen LogP contribution in [0.4, 0.5) is 0 Å². The van der Waals surface area contributed by atoms with Crippen LogP contribution in [0.15, 0.2) is 85.8 Å². The number of aryl methyl sites for hydroxylation is 1. The van der Waals surface area contributed by atoms with Gasteiger partial charge in [-0.2, -0.15) is 4.98 Å². The Balaban J connectivity index is 1.42. The normalized spacial score (nSPS) is 11.3. The first kappa shape index (κ1) is 20.3. The first-order valence-corrected chi connectivity index (χ1v) is 11.3. The Morgan fingerprint density at radius 1 is 1.00 bits per heavy atom. The molecule has 0 amide bonds. The number of hydrogen-bond acceptors (Lipinski definition) is 7. The third kappa shape index (κ3) is 4.09. The Kier molecular flexibility index (Phi) is 5.60. The van der Waals surface area contributed by atoms with Crippen LogP contribution >= 0.6 is 11.8 Å². The molecule has 0 aliphatic rings. The molecule has 8 heteroatoms. The van der Waals surface area contributed by atoms with Gasteiger partial charge >= 0.3 is 0 Å². The van der Waals surface area contributed by atoms with Gasteiger partial charge in [-0.05, 0) is 36.2 Å². The van der Waals surface area contributed by atoms with E-state index in [9.17, 15) is 4.79 Å². The number of rotatable bonds is 7. The predicted molar refractivity (Wildman–Crippen MR) is 122 cm³/mol. The molecule has 0 bridgehead atoms. The highest BCUT2D eigenvalue weighted by atomic mass is 32.2. The molecule has 7 nitrogen and oxygen atoms in total. The molecular formula is C24H20N4O3S. The third-order valence-corrected chi connectivity index (χ3v) is 6.10. The van der Waals surface area contributed by atoms with Gasteiger partial charge in [0.25, 0.3) is 5.56 Å². The molecule has 0 atom stereocenters. The lowest BCUT2D eigenvalue weighted by molar-refractivity contribution is 0.391. The van der Waals surface area contributed by atoms with Gasteiger partial charge in [0.2, 0.25) is 11.7 Å². The summed E-state index contributed by atoms with van der Waals surface area (Å²) in [5.74, 6) is 2.09. The van der Waals surface area contributed by atoms with E-state index >= 15 is 0 Å². The number of nitrogens with zero attached hydrogens (tertiary/aromatic N) is 4. The molecule has 0 N–H and O–H groups in total. The molecule has 2 aromatic carbocycles. The van der Waals surface area contributed by atoms with Crippen molar-refractivity contribution in [2.75, 3.05) is 0 Å². The minimum Gasteiger partial charge on any atom is -0.467 e. The van der Waals surface area contributed by atoms with E-state index in [1.807, 2.05) is 36.4 Å². The van der Waals surface area contributed by atoms with E-state index in [0.717, 1.165) is 12.0 Å². The van der Waals surface area contributed by atoms with Crippen molar-refractivity contribution in [3.63, 3.8) is 0 Å². The topological polar surface area (TPSA) is 87.0 Å². The maximum absolute atomic E-state index is 13.1. The quantitative estimate of drug-likeness (QED) is 0.259. The van der Waals surface area contributed by atoms with E-state index in [1.54, 1.807) is 23.0 Å². The number of para-hydroxylation sites is 1. The lowest BCUT2D eigenvalue weighted by Crippen LogP contribution is -2.23. The zero-order valence-corrected chi connectivity index (χ0v) is 18.2. The van der Waals surface area contributed by atoms with Gasteiger partial charge in [-0.25, -0.2) is 4.98 Å². The average molecular weight is 445 g/mol. The molecule has 32 heavy (non-hydrogen) atoms. The van der Waals surface area contributed by atoms with Crippen LogP contribution in [-0.4, -0.2) is 19.7 Å². The number of benzene rings is 2. The second-order valence-electron chi connectivity index (χ2n) is 7.23. The molecule has 3 heterocycles. The summed E-state index contributed by atoms with van der Waals surface area (Å²) in [6, 6.07) is 19.1. The van der Waals surface area contributed by atoms with E-state index in [-0.39, 0.29) is 5.56 Å². The van der Waals surface area contributed by atoms with Crippen LogP contribution < -0.4 is 5.56 Å². The van der Waals surface area contributed by atoms with Gasteiger partial charge in [-0.1, -0.05) is 60.2 Å². The Bertz CT molecular complexity index is 1410. The Morgan fingerprint density at radius 2 is 1.84 bits per heavy atom. The van der Waals surface area contributed by atoms with Crippen LogP contribution in [0.5, 0.6) is 0 Å². The van der Waals surface area contributed by atoms with E-state index in [0.29, 0.717) is 45.8 Å². The largest absolute Gasteiger partial charge is 0.467 e. The van der Waals surface area contributed by atoms with Gasteiger partial charge in [0, 0.05) is 5.56 Å². The molecule has 0 saturated carbocycles. The summed E-state index contributed by atoms with van der Waals surface area (Å²) >= 11 is 1.38. The van der Waals surface area contributed by atoms with Gasteiger partial charge in [-0.3, -0.25) is 9.36 Å². The predicted octanol–water partition coefficient (Wildman–Crippen LogP) is 4.94. The molecule has 5 rings (SSSR count). The summed E-state index contributed by atoms with van der Waals surface area (Å²) in [6.45, 7) is 2.41. The molecule has 0 radical (unpaired) electrons. The van der Waals surface area contributed by atoms with Crippen molar-refractivity contribution in [2.45, 2.75) is 30.8 Å². The SMILES string of the molecule is CCc1ccc(-c2noc(CSc3nc4ccccc4c(=O)n3Cc3ccco3)n2)cc1. The van der Waals surface area contributed by atoms with Crippen LogP contribution in [0.1, 0.15) is 24.1 Å². The van der Waals surface area contributed by atoms with Crippen LogP contribution in [0.25, 0.3) is 22.3 Å². The zero-order chi connectivity index (χ0) is 21.9. The standard InChI is InChI=1S/C24H20N4O3S/c1-2-16-9-11-17(12-10-16)22-26-21(31-27-22)15-32-24-25-20-8-4-3-7-19(20)23(29)28(24)14-18-6-5-13-30-18/h3-13H,2,14-15H2,1H3. The Labute approximate surface area is 188 Å². The Hall–Kier alpha value is -3.65. The first-order valence-electron chi connectivity index (χ1n) is 10.3. The van der Waals surface area contributed by atoms with E-state index in [1.165, 1.54) is 17.3 Å². The summed E-state index contributed by atoms with van der Waals surface area (Å²) in [5, 5.41) is 5.24. The number of fused-ring (bicyclic) bond motifs is 1. The lowest BCUT2D eigenvalue weighted by atomic mass is 10.1. The van der Waals surface area contributed by atoms with Crippen molar-refractivity contribution in [2.24, 2.45) is 0 Å². The number of thioether (sulfide) groups is 1.